The Morgan fingerprint density at radius 3 is 2.69 bits per heavy atom. The van der Waals surface area contributed by atoms with Gasteiger partial charge in [-0.25, -0.2) is 9.67 Å². The molecule has 3 aromatic heterocycles. The standard InChI is InChI=1S/C17H15N7O2/c1-12(13-5-7-14(8-6-13)23-11-18-10-19-23)20-16-17(24(25)26)22-9-3-2-4-15(22)21-16/h2-12,20H,1H3. The lowest BCUT2D eigenvalue weighted by atomic mass is 10.1. The Bertz CT molecular complexity index is 1050. The van der Waals surface area contributed by atoms with Crippen LogP contribution in [0.3, 0.4) is 0 Å². The van der Waals surface area contributed by atoms with Crippen LogP contribution in [0.25, 0.3) is 11.3 Å². The summed E-state index contributed by atoms with van der Waals surface area (Å²) in [4.78, 5) is 19.3. The molecule has 26 heavy (non-hydrogen) atoms. The van der Waals surface area contributed by atoms with Crippen molar-refractivity contribution in [3.63, 3.8) is 0 Å². The minimum absolute atomic E-state index is 0.0771. The second-order valence-corrected chi connectivity index (χ2v) is 5.77. The Balaban J connectivity index is 1.62. The molecule has 130 valence electrons. The summed E-state index contributed by atoms with van der Waals surface area (Å²) in [5.41, 5.74) is 2.38. The van der Waals surface area contributed by atoms with Crippen molar-refractivity contribution in [3.05, 3.63) is 77.0 Å². The molecule has 3 heterocycles. The summed E-state index contributed by atoms with van der Waals surface area (Å²) in [6.07, 6.45) is 4.72. The first kappa shape index (κ1) is 15.8. The van der Waals surface area contributed by atoms with E-state index in [1.165, 1.54) is 10.7 Å². The van der Waals surface area contributed by atoms with E-state index in [2.05, 4.69) is 20.4 Å². The Hall–Kier alpha value is -3.75. The van der Waals surface area contributed by atoms with Crippen LogP contribution in [0.5, 0.6) is 0 Å². The van der Waals surface area contributed by atoms with Crippen molar-refractivity contribution in [2.24, 2.45) is 0 Å². The van der Waals surface area contributed by atoms with Gasteiger partial charge >= 0.3 is 5.82 Å². The lowest BCUT2D eigenvalue weighted by molar-refractivity contribution is -0.389. The molecule has 0 aliphatic rings. The SMILES string of the molecule is CC(Nc1nc2ccccn2c1[N+](=O)[O-])c1ccc(-n2cncn2)cc1. The molecule has 4 rings (SSSR count). The Morgan fingerprint density at radius 1 is 1.19 bits per heavy atom. The fraction of sp³-hybridized carbons (Fsp3) is 0.118. The fourth-order valence-electron chi connectivity index (χ4n) is 2.80. The number of aromatic nitrogens is 5. The van der Waals surface area contributed by atoms with Crippen LogP contribution in [0.1, 0.15) is 18.5 Å². The molecule has 0 saturated heterocycles. The maximum Gasteiger partial charge on any atom is 0.372 e. The van der Waals surface area contributed by atoms with E-state index >= 15 is 0 Å². The minimum Gasteiger partial charge on any atom is -0.358 e. The Kier molecular flexibility index (Phi) is 3.81. The van der Waals surface area contributed by atoms with Crippen LogP contribution in [0, 0.1) is 10.1 Å². The molecule has 0 aliphatic heterocycles. The average Bonchev–Trinajstić information content (AvgIpc) is 3.29. The number of fused-ring (bicyclic) bond motifs is 1. The predicted molar refractivity (Wildman–Crippen MR) is 95.2 cm³/mol. The summed E-state index contributed by atoms with van der Waals surface area (Å²) >= 11 is 0. The normalized spacial score (nSPS) is 12.2. The molecule has 0 amide bonds. The van der Waals surface area contributed by atoms with Crippen LogP contribution in [-0.2, 0) is 0 Å². The van der Waals surface area contributed by atoms with Gasteiger partial charge in [-0.3, -0.25) is 0 Å². The minimum atomic E-state index is -0.428. The number of anilines is 1. The number of hydrogen-bond acceptors (Lipinski definition) is 6. The third-order valence-electron chi connectivity index (χ3n) is 4.11. The fourth-order valence-corrected chi connectivity index (χ4v) is 2.80. The number of pyridine rings is 1. The molecule has 9 heteroatoms. The molecule has 1 atom stereocenters. The van der Waals surface area contributed by atoms with E-state index in [9.17, 15) is 10.1 Å². The van der Waals surface area contributed by atoms with Crippen molar-refractivity contribution in [2.75, 3.05) is 5.32 Å². The van der Waals surface area contributed by atoms with Crippen molar-refractivity contribution in [1.29, 1.82) is 0 Å². The molecule has 9 nitrogen and oxygen atoms in total. The highest BCUT2D eigenvalue weighted by Crippen LogP contribution is 2.29. The summed E-state index contributed by atoms with van der Waals surface area (Å²) < 4.78 is 3.12. The summed E-state index contributed by atoms with van der Waals surface area (Å²) in [6, 6.07) is 12.8. The van der Waals surface area contributed by atoms with E-state index in [1.807, 2.05) is 31.2 Å². The van der Waals surface area contributed by atoms with Crippen molar-refractivity contribution >= 4 is 17.3 Å². The molecule has 0 spiro atoms. The van der Waals surface area contributed by atoms with E-state index in [1.54, 1.807) is 35.4 Å². The first-order valence-electron chi connectivity index (χ1n) is 7.96. The summed E-state index contributed by atoms with van der Waals surface area (Å²) in [5.74, 6) is 0.167. The van der Waals surface area contributed by atoms with Gasteiger partial charge in [0.2, 0.25) is 11.5 Å². The number of benzene rings is 1. The van der Waals surface area contributed by atoms with Gasteiger partial charge in [0.1, 0.15) is 12.7 Å². The highest BCUT2D eigenvalue weighted by molar-refractivity contribution is 5.62. The van der Waals surface area contributed by atoms with Crippen molar-refractivity contribution < 1.29 is 4.92 Å². The highest BCUT2D eigenvalue weighted by Gasteiger charge is 2.23. The molecule has 0 aliphatic carbocycles. The van der Waals surface area contributed by atoms with Gasteiger partial charge in [-0.1, -0.05) is 18.2 Å². The van der Waals surface area contributed by atoms with Crippen molar-refractivity contribution in [1.82, 2.24) is 24.1 Å². The van der Waals surface area contributed by atoms with Gasteiger partial charge in [0.05, 0.1) is 17.9 Å². The molecule has 1 N–H and O–H groups in total. The summed E-state index contributed by atoms with van der Waals surface area (Å²) in [5, 5.41) is 18.7. The summed E-state index contributed by atoms with van der Waals surface area (Å²) in [7, 11) is 0. The maximum absolute atomic E-state index is 11.5. The largest absolute Gasteiger partial charge is 0.372 e. The van der Waals surface area contributed by atoms with Crippen LogP contribution in [0.4, 0.5) is 11.6 Å². The molecule has 4 aromatic rings. The zero-order valence-electron chi connectivity index (χ0n) is 13.9. The van der Waals surface area contributed by atoms with Gasteiger partial charge < -0.3 is 15.4 Å². The van der Waals surface area contributed by atoms with E-state index < -0.39 is 4.92 Å². The first-order valence-corrected chi connectivity index (χ1v) is 7.96. The topological polar surface area (TPSA) is 103 Å². The van der Waals surface area contributed by atoms with Crippen LogP contribution in [0.2, 0.25) is 0 Å². The lowest BCUT2D eigenvalue weighted by Crippen LogP contribution is -2.09. The Labute approximate surface area is 148 Å². The molecule has 1 unspecified atom stereocenters. The second kappa shape index (κ2) is 6.28. The third-order valence-corrected chi connectivity index (χ3v) is 4.11. The van der Waals surface area contributed by atoms with E-state index in [-0.39, 0.29) is 17.7 Å². The van der Waals surface area contributed by atoms with Gasteiger partial charge in [-0.05, 0) is 35.6 Å². The summed E-state index contributed by atoms with van der Waals surface area (Å²) in [6.45, 7) is 1.93. The van der Waals surface area contributed by atoms with Crippen LogP contribution < -0.4 is 5.32 Å². The van der Waals surface area contributed by atoms with E-state index in [0.717, 1.165) is 11.3 Å². The van der Waals surface area contributed by atoms with Gasteiger partial charge in [0.25, 0.3) is 0 Å². The van der Waals surface area contributed by atoms with Gasteiger partial charge in [0, 0.05) is 6.07 Å². The van der Waals surface area contributed by atoms with Crippen LogP contribution in [0.15, 0.2) is 61.3 Å². The van der Waals surface area contributed by atoms with Crippen LogP contribution >= 0.6 is 0 Å². The quantitative estimate of drug-likeness (QED) is 0.439. The molecule has 0 saturated carbocycles. The van der Waals surface area contributed by atoms with Crippen LogP contribution in [-0.4, -0.2) is 29.1 Å². The first-order chi connectivity index (χ1) is 12.6. The van der Waals surface area contributed by atoms with Gasteiger partial charge in [-0.2, -0.15) is 14.5 Å². The predicted octanol–water partition coefficient (Wildman–Crippen LogP) is 3.00. The molecule has 0 bridgehead atoms. The monoisotopic (exact) mass is 349 g/mol. The number of imidazole rings is 1. The number of nitrogens with one attached hydrogen (secondary N) is 1. The number of hydrogen-bond donors (Lipinski definition) is 1. The van der Waals surface area contributed by atoms with Gasteiger partial charge in [0.15, 0.2) is 0 Å². The smallest absolute Gasteiger partial charge is 0.358 e. The molecule has 0 radical (unpaired) electrons. The van der Waals surface area contributed by atoms with Gasteiger partial charge in [-0.15, -0.1) is 0 Å². The lowest BCUT2D eigenvalue weighted by Gasteiger charge is -2.14. The highest BCUT2D eigenvalue weighted by atomic mass is 16.6. The van der Waals surface area contributed by atoms with Crippen molar-refractivity contribution in [3.8, 4) is 5.69 Å². The third kappa shape index (κ3) is 2.75. The van der Waals surface area contributed by atoms with E-state index in [0.29, 0.717) is 5.65 Å². The zero-order valence-corrected chi connectivity index (χ0v) is 13.9. The number of nitro groups is 1. The second-order valence-electron chi connectivity index (χ2n) is 5.77. The zero-order chi connectivity index (χ0) is 18.1. The number of nitrogens with zero attached hydrogens (tertiary/aromatic N) is 6. The average molecular weight is 349 g/mol. The molecular weight excluding hydrogens is 334 g/mol. The number of rotatable bonds is 5. The molecule has 1 aromatic carbocycles. The maximum atomic E-state index is 11.5. The molecule has 0 fully saturated rings. The Morgan fingerprint density at radius 2 is 2.00 bits per heavy atom. The molecular formula is C17H15N7O2. The van der Waals surface area contributed by atoms with Crippen molar-refractivity contribution in [2.45, 2.75) is 13.0 Å². The van der Waals surface area contributed by atoms with E-state index in [4.69, 9.17) is 0 Å².